The Kier molecular flexibility index (Phi) is 5.57. The SMILES string of the molecule is Fc1cc(OC2CCNCC2)ccc1-c1ccc2c(Nc3ccc4scnc4c3)ccnc2c1. The fourth-order valence-corrected chi connectivity index (χ4v) is 5.08. The maximum absolute atomic E-state index is 15.0. The largest absolute Gasteiger partial charge is 0.490 e. The molecule has 0 radical (unpaired) electrons. The molecule has 0 spiro atoms. The Morgan fingerprint density at radius 2 is 1.85 bits per heavy atom. The minimum atomic E-state index is -0.295. The van der Waals surface area contributed by atoms with Gasteiger partial charge in [0.1, 0.15) is 17.7 Å². The van der Waals surface area contributed by atoms with Crippen LogP contribution in [0.15, 0.2) is 72.4 Å². The molecule has 2 aromatic heterocycles. The number of nitrogens with zero attached hydrogens (tertiary/aromatic N) is 2. The average molecular weight is 471 g/mol. The predicted molar refractivity (Wildman–Crippen MR) is 137 cm³/mol. The number of hydrogen-bond donors (Lipinski definition) is 2. The molecule has 5 nitrogen and oxygen atoms in total. The van der Waals surface area contributed by atoms with E-state index in [0.717, 1.165) is 64.0 Å². The van der Waals surface area contributed by atoms with E-state index in [0.29, 0.717) is 11.3 Å². The molecule has 1 saturated heterocycles. The van der Waals surface area contributed by atoms with Crippen molar-refractivity contribution >= 4 is 43.8 Å². The van der Waals surface area contributed by atoms with E-state index in [1.54, 1.807) is 23.6 Å². The topological polar surface area (TPSA) is 59.1 Å². The normalized spacial score (nSPS) is 14.5. The Bertz CT molecular complexity index is 1480. The number of hydrogen-bond acceptors (Lipinski definition) is 6. The molecule has 0 saturated carbocycles. The summed E-state index contributed by atoms with van der Waals surface area (Å²) in [6.45, 7) is 1.87. The van der Waals surface area contributed by atoms with Crippen molar-refractivity contribution in [3.05, 3.63) is 78.2 Å². The number of ether oxygens (including phenoxy) is 1. The number of aromatic nitrogens is 2. The standard InChI is InChI=1S/C27H23FN4OS/c28-23-15-20(33-19-7-10-29-11-8-19)3-5-21(23)17-1-4-22-24(9-12-30-25(22)13-17)32-18-2-6-27-26(14-18)31-16-34-27/h1-6,9,12-16,19,29H,7-8,10-11H2,(H,30,32). The van der Waals surface area contributed by atoms with Gasteiger partial charge in [0, 0.05) is 34.6 Å². The molecule has 3 aromatic carbocycles. The highest BCUT2D eigenvalue weighted by Gasteiger charge is 2.16. The monoisotopic (exact) mass is 470 g/mol. The van der Waals surface area contributed by atoms with E-state index >= 15 is 4.39 Å². The van der Waals surface area contributed by atoms with Crippen LogP contribution in [0.5, 0.6) is 5.75 Å². The summed E-state index contributed by atoms with van der Waals surface area (Å²) >= 11 is 1.62. The van der Waals surface area contributed by atoms with Crippen LogP contribution in [0.2, 0.25) is 0 Å². The van der Waals surface area contributed by atoms with Gasteiger partial charge in [-0.15, -0.1) is 11.3 Å². The number of piperidine rings is 1. The van der Waals surface area contributed by atoms with Crippen molar-refractivity contribution in [2.24, 2.45) is 0 Å². The molecule has 6 rings (SSSR count). The van der Waals surface area contributed by atoms with Crippen molar-refractivity contribution in [2.45, 2.75) is 18.9 Å². The van der Waals surface area contributed by atoms with E-state index in [4.69, 9.17) is 4.74 Å². The lowest BCUT2D eigenvalue weighted by Gasteiger charge is -2.24. The molecule has 7 heteroatoms. The van der Waals surface area contributed by atoms with Gasteiger partial charge in [-0.2, -0.15) is 0 Å². The summed E-state index contributed by atoms with van der Waals surface area (Å²) in [5, 5.41) is 7.76. The number of thiazole rings is 1. The number of fused-ring (bicyclic) bond motifs is 2. The number of pyridine rings is 1. The summed E-state index contributed by atoms with van der Waals surface area (Å²) in [4.78, 5) is 8.93. The van der Waals surface area contributed by atoms with Gasteiger partial charge in [-0.1, -0.05) is 12.1 Å². The third-order valence-electron chi connectivity index (χ3n) is 6.19. The van der Waals surface area contributed by atoms with Crippen LogP contribution in [-0.2, 0) is 0 Å². The first-order valence-corrected chi connectivity index (χ1v) is 12.3. The molecule has 0 amide bonds. The quantitative estimate of drug-likeness (QED) is 0.306. The van der Waals surface area contributed by atoms with Crippen LogP contribution in [0.25, 0.3) is 32.2 Å². The van der Waals surface area contributed by atoms with Gasteiger partial charge >= 0.3 is 0 Å². The van der Waals surface area contributed by atoms with Crippen molar-refractivity contribution in [3.63, 3.8) is 0 Å². The molecule has 0 unspecified atom stereocenters. The Labute approximate surface area is 200 Å². The molecule has 170 valence electrons. The summed E-state index contributed by atoms with van der Waals surface area (Å²) in [7, 11) is 0. The molecule has 3 heterocycles. The molecule has 0 bridgehead atoms. The first kappa shape index (κ1) is 21.0. The second kappa shape index (κ2) is 9.00. The Hall–Kier alpha value is -3.55. The minimum absolute atomic E-state index is 0.138. The summed E-state index contributed by atoms with van der Waals surface area (Å²) in [6, 6.07) is 19.1. The fraction of sp³-hybridized carbons (Fsp3) is 0.185. The highest BCUT2D eigenvalue weighted by Crippen LogP contribution is 2.32. The molecule has 34 heavy (non-hydrogen) atoms. The number of halogens is 1. The second-order valence-electron chi connectivity index (χ2n) is 8.46. The zero-order chi connectivity index (χ0) is 22.9. The van der Waals surface area contributed by atoms with E-state index < -0.39 is 0 Å². The number of benzene rings is 3. The summed E-state index contributed by atoms with van der Waals surface area (Å²) < 4.78 is 22.2. The third-order valence-corrected chi connectivity index (χ3v) is 7.00. The smallest absolute Gasteiger partial charge is 0.134 e. The Balaban J connectivity index is 1.27. The lowest BCUT2D eigenvalue weighted by molar-refractivity contribution is 0.162. The van der Waals surface area contributed by atoms with Crippen molar-refractivity contribution < 1.29 is 9.13 Å². The van der Waals surface area contributed by atoms with Crippen molar-refractivity contribution in [2.75, 3.05) is 18.4 Å². The number of anilines is 2. The number of nitrogens with one attached hydrogen (secondary N) is 2. The molecule has 2 N–H and O–H groups in total. The highest BCUT2D eigenvalue weighted by molar-refractivity contribution is 7.16. The lowest BCUT2D eigenvalue weighted by atomic mass is 10.0. The minimum Gasteiger partial charge on any atom is -0.490 e. The fourth-order valence-electron chi connectivity index (χ4n) is 4.42. The lowest BCUT2D eigenvalue weighted by Crippen LogP contribution is -2.34. The molecule has 5 aromatic rings. The number of rotatable bonds is 5. The van der Waals surface area contributed by atoms with E-state index in [1.807, 2.05) is 48.0 Å². The van der Waals surface area contributed by atoms with Gasteiger partial charge in [-0.05, 0) is 74.0 Å². The maximum atomic E-state index is 15.0. The second-order valence-corrected chi connectivity index (χ2v) is 9.35. The van der Waals surface area contributed by atoms with E-state index in [1.165, 1.54) is 6.07 Å². The zero-order valence-corrected chi connectivity index (χ0v) is 19.2. The van der Waals surface area contributed by atoms with Crippen LogP contribution in [-0.4, -0.2) is 29.2 Å². The molecule has 1 aliphatic rings. The molecule has 1 fully saturated rings. The Morgan fingerprint density at radius 1 is 0.941 bits per heavy atom. The zero-order valence-electron chi connectivity index (χ0n) is 18.4. The van der Waals surface area contributed by atoms with Crippen LogP contribution < -0.4 is 15.4 Å². The van der Waals surface area contributed by atoms with Crippen LogP contribution >= 0.6 is 11.3 Å². The maximum Gasteiger partial charge on any atom is 0.134 e. The summed E-state index contributed by atoms with van der Waals surface area (Å²) in [5.41, 5.74) is 6.84. The van der Waals surface area contributed by atoms with Crippen LogP contribution in [0.4, 0.5) is 15.8 Å². The van der Waals surface area contributed by atoms with Gasteiger partial charge in [-0.25, -0.2) is 9.37 Å². The average Bonchev–Trinajstić information content (AvgIpc) is 3.33. The van der Waals surface area contributed by atoms with Crippen molar-refractivity contribution in [3.8, 4) is 16.9 Å². The van der Waals surface area contributed by atoms with Gasteiger partial charge in [0.05, 0.1) is 21.2 Å². The van der Waals surface area contributed by atoms with Crippen molar-refractivity contribution in [1.29, 1.82) is 0 Å². The Morgan fingerprint density at radius 3 is 2.74 bits per heavy atom. The molecule has 1 aliphatic heterocycles. The van der Waals surface area contributed by atoms with Crippen LogP contribution in [0.1, 0.15) is 12.8 Å². The van der Waals surface area contributed by atoms with E-state index in [9.17, 15) is 0 Å². The van der Waals surface area contributed by atoms with Gasteiger partial charge in [0.2, 0.25) is 0 Å². The van der Waals surface area contributed by atoms with Gasteiger partial charge in [-0.3, -0.25) is 4.98 Å². The molecular weight excluding hydrogens is 447 g/mol. The molecule has 0 aliphatic carbocycles. The first-order chi connectivity index (χ1) is 16.7. The summed E-state index contributed by atoms with van der Waals surface area (Å²) in [5.74, 6) is 0.285. The van der Waals surface area contributed by atoms with E-state index in [-0.39, 0.29) is 11.9 Å². The summed E-state index contributed by atoms with van der Waals surface area (Å²) in [6.07, 6.45) is 3.78. The predicted octanol–water partition coefficient (Wildman–Crippen LogP) is 6.53. The highest BCUT2D eigenvalue weighted by atomic mass is 32.1. The van der Waals surface area contributed by atoms with Crippen LogP contribution in [0.3, 0.4) is 0 Å². The van der Waals surface area contributed by atoms with Gasteiger partial charge in [0.25, 0.3) is 0 Å². The van der Waals surface area contributed by atoms with E-state index in [2.05, 4.69) is 26.7 Å². The van der Waals surface area contributed by atoms with Gasteiger partial charge in [0.15, 0.2) is 0 Å². The van der Waals surface area contributed by atoms with Gasteiger partial charge < -0.3 is 15.4 Å². The van der Waals surface area contributed by atoms with Crippen LogP contribution in [0, 0.1) is 5.82 Å². The molecular formula is C27H23FN4OS. The van der Waals surface area contributed by atoms with Crippen molar-refractivity contribution in [1.82, 2.24) is 15.3 Å². The molecule has 0 atom stereocenters. The first-order valence-electron chi connectivity index (χ1n) is 11.4. The third kappa shape index (κ3) is 4.20.